The number of hydrogen-bond donors (Lipinski definition) is 4. The lowest BCUT2D eigenvalue weighted by Crippen LogP contribution is -2.60. The summed E-state index contributed by atoms with van der Waals surface area (Å²) in [6.45, 7) is 1.47. The Morgan fingerprint density at radius 1 is 1.15 bits per heavy atom. The first kappa shape index (κ1) is 19.8. The van der Waals surface area contributed by atoms with Crippen molar-refractivity contribution in [3.8, 4) is 0 Å². The van der Waals surface area contributed by atoms with Crippen molar-refractivity contribution >= 4 is 6.29 Å². The van der Waals surface area contributed by atoms with Gasteiger partial charge in [-0.15, -0.1) is 0 Å². The second-order valence-corrected chi connectivity index (χ2v) is 7.05. The molecule has 2 heterocycles. The molecule has 0 radical (unpaired) electrons. The van der Waals surface area contributed by atoms with Gasteiger partial charge in [-0.3, -0.25) is 4.79 Å². The molecule has 2 aliphatic heterocycles. The molecule has 1 saturated heterocycles. The molecule has 0 aromatic heterocycles. The SMILES string of the molecule is CO[C@H]1O[C@@H](O[C@H]2O[C@@H](CO)[C@H](O)[C@@H](O)[C@@H]2O)[C@H]2C(=C1C=O)CC[C@H]2C. The fourth-order valence-corrected chi connectivity index (χ4v) is 4.02. The number of ether oxygens (including phenoxy) is 4. The van der Waals surface area contributed by atoms with Crippen LogP contribution in [0.5, 0.6) is 0 Å². The van der Waals surface area contributed by atoms with E-state index in [1.54, 1.807) is 0 Å². The zero-order chi connectivity index (χ0) is 19.0. The van der Waals surface area contributed by atoms with Crippen LogP contribution in [0, 0.1) is 11.8 Å². The first-order valence-electron chi connectivity index (χ1n) is 8.75. The van der Waals surface area contributed by atoms with Gasteiger partial charge in [0.1, 0.15) is 24.4 Å². The first-order chi connectivity index (χ1) is 12.4. The predicted octanol–water partition coefficient (Wildman–Crippen LogP) is -1.33. The fourth-order valence-electron chi connectivity index (χ4n) is 4.02. The van der Waals surface area contributed by atoms with Crippen molar-refractivity contribution in [1.82, 2.24) is 0 Å². The van der Waals surface area contributed by atoms with E-state index >= 15 is 0 Å². The van der Waals surface area contributed by atoms with Crippen LogP contribution >= 0.6 is 0 Å². The Balaban J connectivity index is 1.82. The molecule has 2 fully saturated rings. The van der Waals surface area contributed by atoms with Gasteiger partial charge in [-0.1, -0.05) is 12.5 Å². The maximum absolute atomic E-state index is 11.5. The number of carbonyl (C=O) groups excluding carboxylic acids is 1. The van der Waals surface area contributed by atoms with E-state index < -0.39 is 49.9 Å². The van der Waals surface area contributed by atoms with Gasteiger partial charge in [-0.05, 0) is 18.8 Å². The number of carbonyl (C=O) groups is 1. The third-order valence-corrected chi connectivity index (χ3v) is 5.52. The first-order valence-corrected chi connectivity index (χ1v) is 8.75. The van der Waals surface area contributed by atoms with Crippen molar-refractivity contribution in [1.29, 1.82) is 0 Å². The lowest BCUT2D eigenvalue weighted by molar-refractivity contribution is -0.359. The van der Waals surface area contributed by atoms with Crippen LogP contribution in [0.1, 0.15) is 19.8 Å². The molecule has 26 heavy (non-hydrogen) atoms. The summed E-state index contributed by atoms with van der Waals surface area (Å²) >= 11 is 0. The average Bonchev–Trinajstić information content (AvgIpc) is 3.03. The van der Waals surface area contributed by atoms with E-state index in [4.69, 9.17) is 18.9 Å². The molecule has 0 aromatic rings. The minimum Gasteiger partial charge on any atom is -0.394 e. The monoisotopic (exact) mass is 374 g/mol. The van der Waals surface area contributed by atoms with Crippen molar-refractivity contribution in [3.05, 3.63) is 11.1 Å². The van der Waals surface area contributed by atoms with Gasteiger partial charge in [-0.2, -0.15) is 0 Å². The van der Waals surface area contributed by atoms with E-state index in [2.05, 4.69) is 0 Å². The molecule has 3 aliphatic rings. The summed E-state index contributed by atoms with van der Waals surface area (Å²) < 4.78 is 22.2. The van der Waals surface area contributed by atoms with Crippen LogP contribution in [0.3, 0.4) is 0 Å². The number of rotatable bonds is 5. The van der Waals surface area contributed by atoms with Crippen LogP contribution < -0.4 is 0 Å². The van der Waals surface area contributed by atoms with Crippen molar-refractivity contribution in [2.24, 2.45) is 11.8 Å². The molecule has 0 amide bonds. The van der Waals surface area contributed by atoms with Crippen molar-refractivity contribution < 1.29 is 44.2 Å². The quantitative estimate of drug-likeness (QED) is 0.432. The van der Waals surface area contributed by atoms with E-state index in [0.717, 1.165) is 24.7 Å². The van der Waals surface area contributed by atoms with Crippen molar-refractivity contribution in [2.75, 3.05) is 13.7 Å². The standard InChI is InChI=1S/C17H26O9/c1-7-3-4-8-9(5-18)15(23-2)25-16(11(7)8)26-17-14(22)13(21)12(20)10(6-19)24-17/h5,7,10-17,19-22H,3-4,6H2,1-2H3/t7-,10+,11-,12+,13-,14+,15+,16+,17-/m1/s1. The molecule has 4 N–H and O–H groups in total. The Labute approximate surface area is 151 Å². The Bertz CT molecular complexity index is 548. The molecule has 1 saturated carbocycles. The van der Waals surface area contributed by atoms with Gasteiger partial charge >= 0.3 is 0 Å². The Hall–Kier alpha value is -0.910. The summed E-state index contributed by atoms with van der Waals surface area (Å²) in [4.78, 5) is 11.5. The maximum Gasteiger partial charge on any atom is 0.189 e. The van der Waals surface area contributed by atoms with Crippen LogP contribution in [-0.2, 0) is 23.7 Å². The van der Waals surface area contributed by atoms with Crippen LogP contribution in [0.25, 0.3) is 0 Å². The highest BCUT2D eigenvalue weighted by atomic mass is 16.8. The van der Waals surface area contributed by atoms with Crippen LogP contribution in [-0.4, -0.2) is 83.7 Å². The van der Waals surface area contributed by atoms with Gasteiger partial charge in [-0.25, -0.2) is 0 Å². The van der Waals surface area contributed by atoms with Gasteiger partial charge < -0.3 is 39.4 Å². The summed E-state index contributed by atoms with van der Waals surface area (Å²) in [5.74, 6) is -0.0402. The molecule has 1 aliphatic carbocycles. The average molecular weight is 374 g/mol. The highest BCUT2D eigenvalue weighted by molar-refractivity contribution is 5.76. The molecule has 9 atom stereocenters. The van der Waals surface area contributed by atoms with E-state index in [0.29, 0.717) is 5.57 Å². The third-order valence-electron chi connectivity index (χ3n) is 5.52. The zero-order valence-corrected chi connectivity index (χ0v) is 14.7. The third kappa shape index (κ3) is 3.34. The Kier molecular flexibility index (Phi) is 6.10. The molecule has 9 heteroatoms. The van der Waals surface area contributed by atoms with E-state index in [-0.39, 0.29) is 11.8 Å². The molecule has 9 nitrogen and oxygen atoms in total. The maximum atomic E-state index is 11.5. The second-order valence-electron chi connectivity index (χ2n) is 7.05. The van der Waals surface area contributed by atoms with E-state index in [9.17, 15) is 25.2 Å². The lowest BCUT2D eigenvalue weighted by Gasteiger charge is -2.43. The number of fused-ring (bicyclic) bond motifs is 1. The Morgan fingerprint density at radius 3 is 2.50 bits per heavy atom. The van der Waals surface area contributed by atoms with E-state index in [1.165, 1.54) is 7.11 Å². The minimum atomic E-state index is -1.53. The highest BCUT2D eigenvalue weighted by Crippen LogP contribution is 2.46. The van der Waals surface area contributed by atoms with Gasteiger partial charge in [0, 0.05) is 18.6 Å². The largest absolute Gasteiger partial charge is 0.394 e. The fraction of sp³-hybridized carbons (Fsp3) is 0.824. The summed E-state index contributed by atoms with van der Waals surface area (Å²) in [6, 6.07) is 0. The van der Waals surface area contributed by atoms with Crippen molar-refractivity contribution in [3.63, 3.8) is 0 Å². The summed E-state index contributed by atoms with van der Waals surface area (Å²) in [5, 5.41) is 39.3. The molecular weight excluding hydrogens is 348 g/mol. The molecule has 148 valence electrons. The molecule has 3 rings (SSSR count). The molecule has 0 bridgehead atoms. The molecular formula is C17H26O9. The van der Waals surface area contributed by atoms with Gasteiger partial charge in [0.2, 0.25) is 0 Å². The van der Waals surface area contributed by atoms with Gasteiger partial charge in [0.15, 0.2) is 25.2 Å². The summed E-state index contributed by atoms with van der Waals surface area (Å²) in [7, 11) is 1.42. The van der Waals surface area contributed by atoms with Crippen molar-refractivity contribution in [2.45, 2.75) is 63.1 Å². The van der Waals surface area contributed by atoms with E-state index in [1.807, 2.05) is 6.92 Å². The number of aldehydes is 1. The number of methoxy groups -OCH3 is 1. The van der Waals surface area contributed by atoms with Gasteiger partial charge in [0.25, 0.3) is 0 Å². The Morgan fingerprint density at radius 2 is 1.88 bits per heavy atom. The summed E-state index contributed by atoms with van der Waals surface area (Å²) in [5.41, 5.74) is 1.36. The molecule has 0 unspecified atom stereocenters. The zero-order valence-electron chi connectivity index (χ0n) is 14.7. The lowest BCUT2D eigenvalue weighted by atomic mass is 9.89. The van der Waals surface area contributed by atoms with Crippen LogP contribution in [0.2, 0.25) is 0 Å². The normalized spacial score (nSPS) is 46.3. The topological polar surface area (TPSA) is 135 Å². The molecule has 0 aromatic carbocycles. The van der Waals surface area contributed by atoms with Crippen LogP contribution in [0.15, 0.2) is 11.1 Å². The predicted molar refractivity (Wildman–Crippen MR) is 85.5 cm³/mol. The number of hydrogen-bond acceptors (Lipinski definition) is 9. The minimum absolute atomic E-state index is 0.174. The molecule has 0 spiro atoms. The second kappa shape index (κ2) is 7.99. The smallest absolute Gasteiger partial charge is 0.189 e. The van der Waals surface area contributed by atoms with Crippen LogP contribution in [0.4, 0.5) is 0 Å². The highest BCUT2D eigenvalue weighted by Gasteiger charge is 2.49. The summed E-state index contributed by atoms with van der Waals surface area (Å²) in [6.07, 6.45) is -6.33. The number of aliphatic hydroxyl groups excluding tert-OH is 4. The van der Waals surface area contributed by atoms with Gasteiger partial charge in [0.05, 0.1) is 6.61 Å². The number of aliphatic hydroxyl groups is 4.